The van der Waals surface area contributed by atoms with Crippen LogP contribution in [0.15, 0.2) is 127 Å². The summed E-state index contributed by atoms with van der Waals surface area (Å²) >= 11 is 0. The van der Waals surface area contributed by atoms with E-state index < -0.39 is 0 Å². The number of hydrogen-bond acceptors (Lipinski definition) is 7. The van der Waals surface area contributed by atoms with Crippen molar-refractivity contribution in [2.75, 3.05) is 31.6 Å². The number of rotatable bonds is 21. The lowest BCUT2D eigenvalue weighted by Gasteiger charge is -2.27. The number of likely N-dealkylation sites (tertiary alicyclic amines) is 1. The molecule has 2 N–H and O–H groups in total. The van der Waals surface area contributed by atoms with Crippen molar-refractivity contribution >= 4 is 62.3 Å². The summed E-state index contributed by atoms with van der Waals surface area (Å²) in [6.07, 6.45) is 24.5. The molecule has 2 bridgehead atoms. The van der Waals surface area contributed by atoms with Gasteiger partial charge in [-0.2, -0.15) is 4.58 Å². The Morgan fingerprint density at radius 3 is 2.01 bits per heavy atom. The van der Waals surface area contributed by atoms with Gasteiger partial charge in [-0.3, -0.25) is 28.8 Å². The quantitative estimate of drug-likeness (QED) is 0.0246. The third-order valence-electron chi connectivity index (χ3n) is 16.5. The molecule has 0 spiro atoms. The normalized spacial score (nSPS) is 21.8. The molecule has 4 aromatic carbocycles. The van der Waals surface area contributed by atoms with E-state index in [0.717, 1.165) is 38.6 Å². The molecule has 4 unspecified atom stereocenters. The average molecular weight is 980 g/mol. The third-order valence-corrected chi connectivity index (χ3v) is 16.5. The molecule has 5 aliphatic rings. The van der Waals surface area contributed by atoms with Crippen molar-refractivity contribution in [3.05, 3.63) is 144 Å². The predicted octanol–water partition coefficient (Wildman–Crippen LogP) is 10.1. The van der Waals surface area contributed by atoms with Crippen LogP contribution in [0.1, 0.15) is 109 Å². The highest BCUT2D eigenvalue weighted by Crippen LogP contribution is 2.53. The number of benzene rings is 4. The van der Waals surface area contributed by atoms with E-state index in [0.29, 0.717) is 64.0 Å². The summed E-state index contributed by atoms with van der Waals surface area (Å²) in [5.74, 6) is 0.145. The van der Waals surface area contributed by atoms with Crippen LogP contribution in [0.4, 0.5) is 11.4 Å². The molecule has 1 saturated heterocycles. The van der Waals surface area contributed by atoms with E-state index in [1.807, 2.05) is 6.20 Å². The molecular formula is C61H71N8O4+. The lowest BCUT2D eigenvalue weighted by molar-refractivity contribution is -0.401. The predicted molar refractivity (Wildman–Crippen MR) is 289 cm³/mol. The molecular weight excluding hydrogens is 909 g/mol. The van der Waals surface area contributed by atoms with Crippen LogP contribution in [0.25, 0.3) is 21.5 Å². The molecule has 4 heterocycles. The first-order chi connectivity index (χ1) is 35.3. The molecule has 10 rings (SSSR count). The molecule has 2 aliphatic carbocycles. The molecule has 12 heteroatoms. The van der Waals surface area contributed by atoms with Gasteiger partial charge in [0.2, 0.25) is 29.3 Å². The van der Waals surface area contributed by atoms with Crippen LogP contribution in [-0.4, -0.2) is 80.5 Å². The summed E-state index contributed by atoms with van der Waals surface area (Å²) in [5.41, 5.74) is 8.15. The third kappa shape index (κ3) is 9.73. The Kier molecular flexibility index (Phi) is 14.2. The smallest absolute Gasteiger partial charge is 0.233 e. The maximum Gasteiger partial charge on any atom is 0.233 e. The number of amides is 4. The van der Waals surface area contributed by atoms with Gasteiger partial charge in [0.25, 0.3) is 0 Å². The number of nitrogens with zero attached hydrogens (tertiary/aromatic N) is 6. The van der Waals surface area contributed by atoms with Gasteiger partial charge in [-0.05, 0) is 110 Å². The Balaban J connectivity index is 0.646. The fraction of sp³-hybridized carbons (Fsp3) is 0.426. The zero-order valence-electron chi connectivity index (χ0n) is 43.3. The number of carbonyl (C=O) groups is 4. The van der Waals surface area contributed by atoms with Crippen molar-refractivity contribution in [2.45, 2.75) is 116 Å². The highest BCUT2D eigenvalue weighted by atomic mass is 16.2. The Morgan fingerprint density at radius 2 is 1.32 bits per heavy atom. The van der Waals surface area contributed by atoms with Crippen molar-refractivity contribution in [1.82, 2.24) is 30.5 Å². The standard InChI is InChI=1S/C61H70N8O4/c1-60(2)50(66(5)48-32-30-41-20-13-15-22-46(41)56(48)60)24-9-6-10-25-51-61(3,4)57-47-23-16-14-21-42(47)31-33-49(57)68(51)36-17-7-11-26-52(70)62-34-19-35-67-40-45(64-65-67)39-63-53(71)27-12-8-18-37-69-58(72)54-43-28-29-44(38-43)55(54)59(69)73/h6,9-10,13-16,20-25,28-33,40,43-44,54-55H,7-8,11-12,17-19,26-27,34-39H2,1-5H3,(H-,62,63,70,71)/p+1. The molecule has 378 valence electrons. The van der Waals surface area contributed by atoms with Gasteiger partial charge >= 0.3 is 0 Å². The van der Waals surface area contributed by atoms with E-state index >= 15 is 0 Å². The summed E-state index contributed by atoms with van der Waals surface area (Å²) in [5, 5.41) is 19.6. The molecule has 5 aromatic rings. The average Bonchev–Trinajstić information content (AvgIpc) is 4.24. The van der Waals surface area contributed by atoms with E-state index in [1.54, 1.807) is 4.68 Å². The summed E-state index contributed by atoms with van der Waals surface area (Å²) < 4.78 is 4.08. The van der Waals surface area contributed by atoms with Gasteiger partial charge in [0.05, 0.1) is 30.0 Å². The minimum absolute atomic E-state index is 0.00260. The van der Waals surface area contributed by atoms with Crippen molar-refractivity contribution in [1.29, 1.82) is 0 Å². The van der Waals surface area contributed by atoms with Gasteiger partial charge in [-0.25, -0.2) is 0 Å². The maximum absolute atomic E-state index is 12.9. The van der Waals surface area contributed by atoms with Crippen molar-refractivity contribution in [3.63, 3.8) is 0 Å². The van der Waals surface area contributed by atoms with Gasteiger partial charge < -0.3 is 15.5 Å². The maximum atomic E-state index is 12.9. The number of carbonyl (C=O) groups excluding carboxylic acids is 4. The molecule has 12 nitrogen and oxygen atoms in total. The Morgan fingerprint density at radius 1 is 0.685 bits per heavy atom. The summed E-state index contributed by atoms with van der Waals surface area (Å²) in [7, 11) is 2.18. The second kappa shape index (κ2) is 20.9. The summed E-state index contributed by atoms with van der Waals surface area (Å²) in [6.45, 7) is 12.1. The number of imide groups is 1. The van der Waals surface area contributed by atoms with E-state index in [2.05, 4.69) is 180 Å². The van der Waals surface area contributed by atoms with Gasteiger partial charge in [-0.15, -0.1) is 5.10 Å². The van der Waals surface area contributed by atoms with Crippen LogP contribution in [0.5, 0.6) is 0 Å². The highest BCUT2D eigenvalue weighted by molar-refractivity contribution is 6.08. The number of nitrogens with one attached hydrogen (secondary N) is 2. The first-order valence-corrected chi connectivity index (χ1v) is 26.8. The lowest BCUT2D eigenvalue weighted by atomic mass is 9.79. The van der Waals surface area contributed by atoms with Crippen LogP contribution in [0, 0.1) is 23.7 Å². The number of unbranched alkanes of at least 4 members (excludes halogenated alkanes) is 4. The minimum Gasteiger partial charge on any atom is -0.356 e. The molecule has 2 fully saturated rings. The van der Waals surface area contributed by atoms with Gasteiger partial charge in [0, 0.05) is 73.5 Å². The molecule has 0 radical (unpaired) electrons. The minimum atomic E-state index is -0.207. The van der Waals surface area contributed by atoms with Crippen LogP contribution in [0.3, 0.4) is 0 Å². The monoisotopic (exact) mass is 980 g/mol. The largest absolute Gasteiger partial charge is 0.356 e. The molecule has 73 heavy (non-hydrogen) atoms. The molecule has 1 saturated carbocycles. The van der Waals surface area contributed by atoms with E-state index in [1.165, 1.54) is 60.4 Å². The topological polar surface area (TPSA) is 133 Å². The lowest BCUT2D eigenvalue weighted by Crippen LogP contribution is -2.33. The van der Waals surface area contributed by atoms with Crippen LogP contribution < -0.4 is 15.5 Å². The number of aryl methyl sites for hydroxylation is 1. The van der Waals surface area contributed by atoms with Crippen molar-refractivity contribution < 1.29 is 23.8 Å². The number of aromatic nitrogens is 3. The fourth-order valence-electron chi connectivity index (χ4n) is 12.8. The van der Waals surface area contributed by atoms with E-state index in [-0.39, 0.29) is 58.1 Å². The first-order valence-electron chi connectivity index (χ1n) is 26.8. The molecule has 3 aliphatic heterocycles. The molecule has 4 atom stereocenters. The molecule has 4 amide bonds. The SMILES string of the molecule is C[N+]1=C(/C=C/C=C/C=C2/N(CCCCCC(=O)NCCCn3cc(CNC(=O)CCCCCN4C(=O)C5C6C=CC(C6)C5C4=O)nn3)c3ccc4ccccc4c3C2(C)C)C(C)(C)c2c1ccc1ccccc21. The second-order valence-electron chi connectivity index (χ2n) is 21.9. The van der Waals surface area contributed by atoms with Crippen LogP contribution in [0.2, 0.25) is 0 Å². The van der Waals surface area contributed by atoms with Crippen LogP contribution in [-0.2, 0) is 43.1 Å². The summed E-state index contributed by atoms with van der Waals surface area (Å²) in [4.78, 5) is 55.2. The van der Waals surface area contributed by atoms with Gasteiger partial charge in [0.1, 0.15) is 12.7 Å². The first kappa shape index (κ1) is 49.6. The van der Waals surface area contributed by atoms with E-state index in [4.69, 9.17) is 0 Å². The number of hydrogen-bond donors (Lipinski definition) is 2. The Labute approximate surface area is 430 Å². The second-order valence-corrected chi connectivity index (χ2v) is 21.9. The van der Waals surface area contributed by atoms with Crippen molar-refractivity contribution in [3.8, 4) is 0 Å². The summed E-state index contributed by atoms with van der Waals surface area (Å²) in [6, 6.07) is 26.4. The van der Waals surface area contributed by atoms with Crippen molar-refractivity contribution in [2.24, 2.45) is 23.7 Å². The highest BCUT2D eigenvalue weighted by Gasteiger charge is 2.59. The van der Waals surface area contributed by atoms with E-state index in [9.17, 15) is 19.2 Å². The number of fused-ring (bicyclic) bond motifs is 11. The number of allylic oxidation sites excluding steroid dienone is 8. The van der Waals surface area contributed by atoms with Gasteiger partial charge in [-0.1, -0.05) is 117 Å². The van der Waals surface area contributed by atoms with Gasteiger partial charge in [0.15, 0.2) is 5.71 Å². The Bertz CT molecular complexity index is 3090. The zero-order valence-corrected chi connectivity index (χ0v) is 43.3. The molecule has 1 aromatic heterocycles. The zero-order chi connectivity index (χ0) is 50.9. The fourth-order valence-corrected chi connectivity index (χ4v) is 12.8. The Hall–Kier alpha value is -6.95. The number of anilines is 1. The van der Waals surface area contributed by atoms with Crippen LogP contribution >= 0.6 is 0 Å².